The Kier molecular flexibility index (Phi) is 9.99. The molecule has 1 saturated carbocycles. The molecule has 0 saturated heterocycles. The average molecular weight is 578 g/mol. The van der Waals surface area contributed by atoms with Gasteiger partial charge < -0.3 is 15.0 Å². The third-order valence-corrected chi connectivity index (χ3v) is 7.65. The molecule has 3 aromatic carbocycles. The third-order valence-electron chi connectivity index (χ3n) is 7.16. The summed E-state index contributed by atoms with van der Waals surface area (Å²) in [7, 11) is 0. The fourth-order valence-electron chi connectivity index (χ4n) is 5.02. The molecule has 6 heteroatoms. The van der Waals surface area contributed by atoms with Crippen molar-refractivity contribution in [2.75, 3.05) is 6.61 Å². The summed E-state index contributed by atoms with van der Waals surface area (Å²) >= 11 is 3.54. The Morgan fingerprint density at radius 2 is 1.68 bits per heavy atom. The number of hydrogen-bond acceptors (Lipinski definition) is 3. The largest absolute Gasteiger partial charge is 0.483 e. The molecular formula is C32H37BrN2O3. The fourth-order valence-corrected chi connectivity index (χ4v) is 5.46. The summed E-state index contributed by atoms with van der Waals surface area (Å²) in [5, 5.41) is 3.28. The lowest BCUT2D eigenvalue weighted by Gasteiger charge is -2.33. The number of aryl methyl sites for hydroxylation is 2. The van der Waals surface area contributed by atoms with Crippen LogP contribution in [0.1, 0.15) is 54.4 Å². The van der Waals surface area contributed by atoms with Gasteiger partial charge in [-0.1, -0.05) is 89.8 Å². The summed E-state index contributed by atoms with van der Waals surface area (Å²) < 4.78 is 6.95. The number of rotatable bonds is 10. The van der Waals surface area contributed by atoms with Gasteiger partial charge in [0.25, 0.3) is 5.91 Å². The van der Waals surface area contributed by atoms with Crippen LogP contribution in [-0.4, -0.2) is 35.4 Å². The van der Waals surface area contributed by atoms with E-state index in [-0.39, 0.29) is 24.5 Å². The highest BCUT2D eigenvalue weighted by atomic mass is 79.9. The number of nitrogens with one attached hydrogen (secondary N) is 1. The lowest BCUT2D eigenvalue weighted by molar-refractivity contribution is -0.143. The van der Waals surface area contributed by atoms with Gasteiger partial charge in [0.15, 0.2) is 6.61 Å². The van der Waals surface area contributed by atoms with Gasteiger partial charge in [-0.3, -0.25) is 9.59 Å². The summed E-state index contributed by atoms with van der Waals surface area (Å²) in [6.07, 6.45) is 5.86. The van der Waals surface area contributed by atoms with E-state index in [9.17, 15) is 9.59 Å². The molecule has 0 radical (unpaired) electrons. The zero-order chi connectivity index (χ0) is 26.9. The maximum atomic E-state index is 13.8. The molecule has 4 rings (SSSR count). The zero-order valence-corrected chi connectivity index (χ0v) is 23.9. The van der Waals surface area contributed by atoms with Crippen LogP contribution in [0.15, 0.2) is 77.3 Å². The van der Waals surface area contributed by atoms with E-state index < -0.39 is 6.04 Å². The fraction of sp³-hybridized carbons (Fsp3) is 0.375. The zero-order valence-electron chi connectivity index (χ0n) is 22.3. The second-order valence-corrected chi connectivity index (χ2v) is 11.2. The van der Waals surface area contributed by atoms with Gasteiger partial charge >= 0.3 is 0 Å². The molecule has 0 aliphatic heterocycles. The van der Waals surface area contributed by atoms with E-state index in [1.165, 1.54) is 6.42 Å². The molecule has 1 atom stereocenters. The summed E-state index contributed by atoms with van der Waals surface area (Å²) in [5.41, 5.74) is 4.00. The Hall–Kier alpha value is -3.12. The molecule has 2 amide bonds. The molecular weight excluding hydrogens is 540 g/mol. The average Bonchev–Trinajstić information content (AvgIpc) is 2.92. The van der Waals surface area contributed by atoms with E-state index in [1.807, 2.05) is 86.6 Å². The molecule has 38 heavy (non-hydrogen) atoms. The van der Waals surface area contributed by atoms with E-state index in [4.69, 9.17) is 4.74 Å². The van der Waals surface area contributed by atoms with Crippen LogP contribution >= 0.6 is 15.9 Å². The second-order valence-electron chi connectivity index (χ2n) is 10.3. The number of ether oxygens (including phenoxy) is 1. The van der Waals surface area contributed by atoms with Crippen LogP contribution in [0, 0.1) is 13.8 Å². The van der Waals surface area contributed by atoms with Crippen LogP contribution in [-0.2, 0) is 22.6 Å². The van der Waals surface area contributed by atoms with E-state index in [0.717, 1.165) is 52.4 Å². The van der Waals surface area contributed by atoms with Gasteiger partial charge in [0.1, 0.15) is 11.8 Å². The molecule has 5 nitrogen and oxygen atoms in total. The number of carbonyl (C=O) groups excluding carboxylic acids is 2. The van der Waals surface area contributed by atoms with Crippen molar-refractivity contribution in [1.29, 1.82) is 0 Å². The number of amides is 2. The first-order valence-electron chi connectivity index (χ1n) is 13.5. The van der Waals surface area contributed by atoms with Gasteiger partial charge in [-0.2, -0.15) is 0 Å². The van der Waals surface area contributed by atoms with Crippen LogP contribution in [0.4, 0.5) is 0 Å². The SMILES string of the molecule is Cc1ccc(C)c(OCC(=O)N(Cc2cccc(Br)c2)C(Cc2ccccc2)C(=O)NC2CCCCC2)c1. The van der Waals surface area contributed by atoms with E-state index in [1.54, 1.807) is 4.90 Å². The molecule has 3 aromatic rings. The molecule has 1 fully saturated rings. The van der Waals surface area contributed by atoms with Crippen LogP contribution in [0.5, 0.6) is 5.75 Å². The standard InChI is InChI=1S/C32H37BrN2O3/c1-23-16-17-24(2)30(18-23)38-22-31(36)35(21-26-12-9-13-27(33)19-26)29(20-25-10-5-3-6-11-25)32(37)34-28-14-7-4-8-15-28/h3,5-6,9-13,16-19,28-29H,4,7-8,14-15,20-22H2,1-2H3,(H,34,37). The summed E-state index contributed by atoms with van der Waals surface area (Å²) in [5.74, 6) is 0.369. The first kappa shape index (κ1) is 27.9. The summed E-state index contributed by atoms with van der Waals surface area (Å²) in [6.45, 7) is 4.14. The number of benzene rings is 3. The topological polar surface area (TPSA) is 58.6 Å². The highest BCUT2D eigenvalue weighted by molar-refractivity contribution is 9.10. The highest BCUT2D eigenvalue weighted by Gasteiger charge is 2.32. The van der Waals surface area contributed by atoms with Crippen LogP contribution in [0.3, 0.4) is 0 Å². The molecule has 1 aliphatic rings. The molecule has 0 heterocycles. The number of carbonyl (C=O) groups is 2. The Morgan fingerprint density at radius 1 is 0.947 bits per heavy atom. The lowest BCUT2D eigenvalue weighted by atomic mass is 9.94. The third kappa shape index (κ3) is 7.94. The first-order valence-corrected chi connectivity index (χ1v) is 14.3. The quantitative estimate of drug-likeness (QED) is 0.298. The molecule has 0 spiro atoms. The molecule has 1 unspecified atom stereocenters. The smallest absolute Gasteiger partial charge is 0.261 e. The minimum Gasteiger partial charge on any atom is -0.483 e. The Morgan fingerprint density at radius 3 is 2.42 bits per heavy atom. The predicted molar refractivity (Wildman–Crippen MR) is 155 cm³/mol. The van der Waals surface area contributed by atoms with E-state index in [2.05, 4.69) is 21.2 Å². The molecule has 200 valence electrons. The summed E-state index contributed by atoms with van der Waals surface area (Å²) in [6, 6.07) is 23.2. The van der Waals surface area contributed by atoms with E-state index in [0.29, 0.717) is 18.7 Å². The monoisotopic (exact) mass is 576 g/mol. The molecule has 0 bridgehead atoms. The van der Waals surface area contributed by atoms with Crippen LogP contribution in [0.2, 0.25) is 0 Å². The van der Waals surface area contributed by atoms with Gasteiger partial charge in [-0.25, -0.2) is 0 Å². The maximum Gasteiger partial charge on any atom is 0.261 e. The number of halogens is 1. The number of hydrogen-bond donors (Lipinski definition) is 1. The van der Waals surface area contributed by atoms with Crippen molar-refractivity contribution in [1.82, 2.24) is 10.2 Å². The van der Waals surface area contributed by atoms with Crippen molar-refractivity contribution < 1.29 is 14.3 Å². The van der Waals surface area contributed by atoms with Gasteiger partial charge in [-0.15, -0.1) is 0 Å². The number of nitrogens with zero attached hydrogens (tertiary/aromatic N) is 1. The normalized spacial score (nSPS) is 14.5. The van der Waals surface area contributed by atoms with Crippen molar-refractivity contribution in [3.8, 4) is 5.75 Å². The molecule has 1 aliphatic carbocycles. The molecule has 1 N–H and O–H groups in total. The summed E-state index contributed by atoms with van der Waals surface area (Å²) in [4.78, 5) is 29.4. The van der Waals surface area contributed by atoms with Crippen LogP contribution < -0.4 is 10.1 Å². The lowest BCUT2D eigenvalue weighted by Crippen LogP contribution is -2.53. The molecule has 0 aromatic heterocycles. The van der Waals surface area contributed by atoms with Crippen molar-refractivity contribution >= 4 is 27.7 Å². The Bertz CT molecular complexity index is 1220. The van der Waals surface area contributed by atoms with Gasteiger partial charge in [0.05, 0.1) is 0 Å². The van der Waals surface area contributed by atoms with Crippen molar-refractivity contribution in [3.05, 3.63) is 99.5 Å². The maximum absolute atomic E-state index is 13.8. The van der Waals surface area contributed by atoms with Gasteiger partial charge in [0, 0.05) is 23.5 Å². The first-order chi connectivity index (χ1) is 18.4. The van der Waals surface area contributed by atoms with Gasteiger partial charge in [0.2, 0.25) is 5.91 Å². The van der Waals surface area contributed by atoms with E-state index >= 15 is 0 Å². The van der Waals surface area contributed by atoms with Crippen molar-refractivity contribution in [3.63, 3.8) is 0 Å². The predicted octanol–water partition coefficient (Wildman–Crippen LogP) is 6.53. The van der Waals surface area contributed by atoms with Crippen molar-refractivity contribution in [2.24, 2.45) is 0 Å². The highest BCUT2D eigenvalue weighted by Crippen LogP contribution is 2.22. The van der Waals surface area contributed by atoms with Crippen molar-refractivity contribution in [2.45, 2.75) is 71.0 Å². The Labute approximate surface area is 234 Å². The Balaban J connectivity index is 1.62. The second kappa shape index (κ2) is 13.6. The van der Waals surface area contributed by atoms with Gasteiger partial charge in [-0.05, 0) is 67.1 Å². The van der Waals surface area contributed by atoms with Crippen LogP contribution in [0.25, 0.3) is 0 Å². The minimum absolute atomic E-state index is 0.101. The minimum atomic E-state index is -0.659.